The van der Waals surface area contributed by atoms with Crippen molar-refractivity contribution in [2.45, 2.75) is 19.0 Å². The molecule has 1 aromatic heterocycles. The Balaban J connectivity index is 2.38. The number of carbonyl (C=O) groups excluding carboxylic acids is 3. The highest BCUT2D eigenvalue weighted by molar-refractivity contribution is 6.41. The first-order valence-electron chi connectivity index (χ1n) is 7.96. The van der Waals surface area contributed by atoms with Gasteiger partial charge in [-0.3, -0.25) is 14.6 Å². The lowest BCUT2D eigenvalue weighted by atomic mass is 9.98. The van der Waals surface area contributed by atoms with Gasteiger partial charge in [0.25, 0.3) is 5.78 Å². The second-order valence-corrected chi connectivity index (χ2v) is 5.62. The number of ketones is 2. The van der Waals surface area contributed by atoms with E-state index in [1.807, 2.05) is 0 Å². The minimum atomic E-state index is -4.79. The van der Waals surface area contributed by atoms with E-state index < -0.39 is 41.5 Å². The first-order valence-corrected chi connectivity index (χ1v) is 7.96. The zero-order chi connectivity index (χ0) is 20.9. The van der Waals surface area contributed by atoms with Gasteiger partial charge in [-0.25, -0.2) is 9.78 Å². The number of methoxy groups -OCH3 is 1. The van der Waals surface area contributed by atoms with Crippen molar-refractivity contribution in [3.63, 3.8) is 0 Å². The number of Topliss-reactive ketones (excluding diaryl/α,β-unsaturated/α-hetero) is 2. The van der Waals surface area contributed by atoms with E-state index in [0.717, 1.165) is 13.3 Å². The minimum Gasteiger partial charge on any atom is -0.463 e. The summed E-state index contributed by atoms with van der Waals surface area (Å²) in [6, 6.07) is 5.74. The molecule has 146 valence electrons. The van der Waals surface area contributed by atoms with Crippen LogP contribution in [0.2, 0.25) is 0 Å². The number of ether oxygens (including phenoxy) is 1. The third-order valence-corrected chi connectivity index (χ3v) is 3.72. The van der Waals surface area contributed by atoms with Gasteiger partial charge in [0.05, 0.1) is 19.0 Å². The van der Waals surface area contributed by atoms with Crippen LogP contribution in [-0.4, -0.2) is 34.6 Å². The van der Waals surface area contributed by atoms with Gasteiger partial charge >= 0.3 is 12.1 Å². The summed E-state index contributed by atoms with van der Waals surface area (Å²) >= 11 is 0. The number of hydrogen-bond donors (Lipinski definition) is 0. The number of esters is 1. The molecule has 0 bridgehead atoms. The summed E-state index contributed by atoms with van der Waals surface area (Å²) in [6.45, 7) is 3.37. The fourth-order valence-corrected chi connectivity index (χ4v) is 2.42. The van der Waals surface area contributed by atoms with Crippen LogP contribution >= 0.6 is 0 Å². The molecule has 0 aliphatic heterocycles. The molecule has 6 nitrogen and oxygen atoms in total. The molecule has 0 amide bonds. The summed E-state index contributed by atoms with van der Waals surface area (Å²) in [4.78, 5) is 43.1. The van der Waals surface area contributed by atoms with Gasteiger partial charge in [-0.15, -0.1) is 6.58 Å². The van der Waals surface area contributed by atoms with Crippen LogP contribution in [0, 0.1) is 0 Å². The lowest BCUT2D eigenvalue weighted by Gasteiger charge is -2.12. The van der Waals surface area contributed by atoms with Crippen LogP contribution in [0.25, 0.3) is 0 Å². The normalized spacial score (nSPS) is 11.0. The number of rotatable bonds is 7. The summed E-state index contributed by atoms with van der Waals surface area (Å²) in [7, 11) is 1.03. The van der Waals surface area contributed by atoms with Crippen molar-refractivity contribution in [3.8, 4) is 0 Å². The van der Waals surface area contributed by atoms with Crippen LogP contribution in [0.5, 0.6) is 0 Å². The van der Waals surface area contributed by atoms with E-state index in [9.17, 15) is 27.6 Å². The highest BCUT2D eigenvalue weighted by Crippen LogP contribution is 2.30. The number of carbonyl (C=O) groups is 3. The molecule has 0 saturated carbocycles. The van der Waals surface area contributed by atoms with E-state index in [0.29, 0.717) is 0 Å². The van der Waals surface area contributed by atoms with Crippen LogP contribution in [0.3, 0.4) is 0 Å². The van der Waals surface area contributed by atoms with E-state index in [4.69, 9.17) is 0 Å². The Morgan fingerprint density at radius 3 is 2.50 bits per heavy atom. The lowest BCUT2D eigenvalue weighted by Crippen LogP contribution is -2.20. The molecule has 2 rings (SSSR count). The number of allylic oxidation sites excluding steroid dienone is 1. The second kappa shape index (κ2) is 8.55. The van der Waals surface area contributed by atoms with Gasteiger partial charge in [0.15, 0.2) is 11.5 Å². The predicted octanol–water partition coefficient (Wildman–Crippen LogP) is 3.01. The SMILES string of the molecule is C=CCc1ncc(C(=O)Cc2ccccc2C(=O)C(=O)OC)nc1C(F)(F)F. The van der Waals surface area contributed by atoms with Crippen molar-refractivity contribution in [3.05, 3.63) is 71.3 Å². The Bertz CT molecular complexity index is 939. The van der Waals surface area contributed by atoms with Crippen LogP contribution in [0.1, 0.15) is 37.8 Å². The molecule has 0 atom stereocenters. The fraction of sp³-hybridized carbons (Fsp3) is 0.211. The highest BCUT2D eigenvalue weighted by atomic mass is 19.4. The molecular formula is C19H15F3N2O4. The summed E-state index contributed by atoms with van der Waals surface area (Å²) in [6.07, 6.45) is -3.20. The van der Waals surface area contributed by atoms with Crippen molar-refractivity contribution in [1.82, 2.24) is 9.97 Å². The largest absolute Gasteiger partial charge is 0.463 e. The number of halogens is 3. The van der Waals surface area contributed by atoms with Gasteiger partial charge in [0.2, 0.25) is 0 Å². The maximum Gasteiger partial charge on any atom is 0.435 e. The van der Waals surface area contributed by atoms with Gasteiger partial charge in [0, 0.05) is 18.4 Å². The maximum absolute atomic E-state index is 13.2. The van der Waals surface area contributed by atoms with Crippen molar-refractivity contribution in [2.75, 3.05) is 7.11 Å². The summed E-state index contributed by atoms with van der Waals surface area (Å²) in [5, 5.41) is 0. The third kappa shape index (κ3) is 4.67. The van der Waals surface area contributed by atoms with E-state index >= 15 is 0 Å². The lowest BCUT2D eigenvalue weighted by molar-refractivity contribution is -0.142. The third-order valence-electron chi connectivity index (χ3n) is 3.72. The summed E-state index contributed by atoms with van der Waals surface area (Å²) in [5.41, 5.74) is -2.03. The molecule has 0 aliphatic carbocycles. The Morgan fingerprint density at radius 1 is 1.21 bits per heavy atom. The number of nitrogens with zero attached hydrogens (tertiary/aromatic N) is 2. The van der Waals surface area contributed by atoms with Crippen LogP contribution in [0.15, 0.2) is 43.1 Å². The molecule has 0 radical (unpaired) electrons. The average Bonchev–Trinajstić information content (AvgIpc) is 2.66. The number of hydrogen-bond acceptors (Lipinski definition) is 6. The standard InChI is InChI=1S/C19H15F3N2O4/c1-3-6-13-17(19(20,21)22)24-14(10-23-13)15(25)9-11-7-4-5-8-12(11)16(26)18(27)28-2/h3-5,7-8,10H,1,6,9H2,2H3. The van der Waals surface area contributed by atoms with Gasteiger partial charge in [0.1, 0.15) is 5.69 Å². The van der Waals surface area contributed by atoms with E-state index in [1.54, 1.807) is 0 Å². The molecule has 1 heterocycles. The van der Waals surface area contributed by atoms with Crippen molar-refractivity contribution in [1.29, 1.82) is 0 Å². The number of benzene rings is 1. The molecule has 0 unspecified atom stereocenters. The zero-order valence-corrected chi connectivity index (χ0v) is 14.7. The van der Waals surface area contributed by atoms with Crippen LogP contribution in [0.4, 0.5) is 13.2 Å². The highest BCUT2D eigenvalue weighted by Gasteiger charge is 2.36. The molecule has 9 heteroatoms. The monoisotopic (exact) mass is 392 g/mol. The van der Waals surface area contributed by atoms with E-state index in [-0.39, 0.29) is 23.2 Å². The number of alkyl halides is 3. The van der Waals surface area contributed by atoms with E-state index in [1.165, 1.54) is 30.3 Å². The maximum atomic E-state index is 13.2. The van der Waals surface area contributed by atoms with Crippen molar-refractivity contribution >= 4 is 17.5 Å². The van der Waals surface area contributed by atoms with Crippen LogP contribution < -0.4 is 0 Å². The molecule has 0 N–H and O–H groups in total. The molecule has 0 saturated heterocycles. The fourth-order valence-electron chi connectivity index (χ4n) is 2.42. The first-order chi connectivity index (χ1) is 13.2. The molecular weight excluding hydrogens is 377 g/mol. The second-order valence-electron chi connectivity index (χ2n) is 5.62. The molecule has 0 aliphatic rings. The summed E-state index contributed by atoms with van der Waals surface area (Å²) < 4.78 is 44.0. The Kier molecular flexibility index (Phi) is 6.40. The Labute approximate surface area is 158 Å². The minimum absolute atomic E-state index is 0.0741. The zero-order valence-electron chi connectivity index (χ0n) is 14.7. The first kappa shape index (κ1) is 20.9. The molecule has 1 aromatic carbocycles. The van der Waals surface area contributed by atoms with Gasteiger partial charge in [-0.05, 0) is 5.56 Å². The summed E-state index contributed by atoms with van der Waals surface area (Å²) in [5.74, 6) is -2.87. The Hall–Kier alpha value is -3.36. The molecule has 0 fully saturated rings. The van der Waals surface area contributed by atoms with Crippen molar-refractivity contribution < 1.29 is 32.3 Å². The number of aromatic nitrogens is 2. The van der Waals surface area contributed by atoms with Gasteiger partial charge in [-0.1, -0.05) is 30.3 Å². The predicted molar refractivity (Wildman–Crippen MR) is 91.8 cm³/mol. The van der Waals surface area contributed by atoms with Gasteiger partial charge < -0.3 is 4.74 Å². The quantitative estimate of drug-likeness (QED) is 0.312. The van der Waals surface area contributed by atoms with E-state index in [2.05, 4.69) is 21.3 Å². The van der Waals surface area contributed by atoms with Crippen LogP contribution in [-0.2, 0) is 28.5 Å². The average molecular weight is 392 g/mol. The smallest absolute Gasteiger partial charge is 0.435 e. The molecule has 0 spiro atoms. The van der Waals surface area contributed by atoms with Gasteiger partial charge in [-0.2, -0.15) is 13.2 Å². The molecule has 28 heavy (non-hydrogen) atoms. The van der Waals surface area contributed by atoms with Crippen molar-refractivity contribution in [2.24, 2.45) is 0 Å². The Morgan fingerprint density at radius 2 is 1.89 bits per heavy atom. The molecule has 2 aromatic rings. The topological polar surface area (TPSA) is 86.2 Å².